The first-order valence-corrected chi connectivity index (χ1v) is 9.44. The summed E-state index contributed by atoms with van der Waals surface area (Å²) in [5.74, 6) is 0.805. The predicted molar refractivity (Wildman–Crippen MR) is 96.7 cm³/mol. The van der Waals surface area contributed by atoms with Gasteiger partial charge in [-0.3, -0.25) is 9.59 Å². The molecule has 0 bridgehead atoms. The maximum atomic E-state index is 12.4. The van der Waals surface area contributed by atoms with E-state index in [1.165, 1.54) is 10.4 Å². The molecule has 5 nitrogen and oxygen atoms in total. The Hall–Kier alpha value is -2.34. The standard InChI is InChI=1S/C19H20N2O3S/c22-18(21-8-6-17-14(11-21)7-9-25-17)12-24-16-3-1-2-15(10-16)20-19(23)13-4-5-13/h1-3,7,9-10,13H,4-6,8,11-12H2,(H,20,23). The summed E-state index contributed by atoms with van der Waals surface area (Å²) in [6.07, 6.45) is 2.86. The lowest BCUT2D eigenvalue weighted by atomic mass is 10.1. The molecule has 1 aromatic carbocycles. The van der Waals surface area contributed by atoms with E-state index >= 15 is 0 Å². The van der Waals surface area contributed by atoms with E-state index in [-0.39, 0.29) is 24.3 Å². The van der Waals surface area contributed by atoms with E-state index in [0.29, 0.717) is 18.0 Å². The Labute approximate surface area is 150 Å². The van der Waals surface area contributed by atoms with Crippen molar-refractivity contribution in [2.75, 3.05) is 18.5 Å². The van der Waals surface area contributed by atoms with Crippen LogP contribution in [0.15, 0.2) is 35.7 Å². The highest BCUT2D eigenvalue weighted by Gasteiger charge is 2.29. The Bertz CT molecular complexity index is 797. The van der Waals surface area contributed by atoms with E-state index in [9.17, 15) is 9.59 Å². The molecular formula is C19H20N2O3S. The molecule has 1 aromatic heterocycles. The van der Waals surface area contributed by atoms with Gasteiger partial charge in [0.2, 0.25) is 5.91 Å². The van der Waals surface area contributed by atoms with Gasteiger partial charge in [-0.15, -0.1) is 11.3 Å². The van der Waals surface area contributed by atoms with Crippen LogP contribution in [0.4, 0.5) is 5.69 Å². The second kappa shape index (κ2) is 6.88. The molecule has 6 heteroatoms. The minimum atomic E-state index is -0.00994. The molecule has 25 heavy (non-hydrogen) atoms. The maximum Gasteiger partial charge on any atom is 0.260 e. The number of benzene rings is 1. The summed E-state index contributed by atoms with van der Waals surface area (Å²) in [7, 11) is 0. The number of rotatable bonds is 5. The minimum Gasteiger partial charge on any atom is -0.484 e. The lowest BCUT2D eigenvalue weighted by molar-refractivity contribution is -0.134. The number of hydrogen-bond acceptors (Lipinski definition) is 4. The molecule has 1 aliphatic heterocycles. The van der Waals surface area contributed by atoms with Gasteiger partial charge in [0.1, 0.15) is 5.75 Å². The zero-order chi connectivity index (χ0) is 17.2. The van der Waals surface area contributed by atoms with Crippen LogP contribution >= 0.6 is 11.3 Å². The molecule has 2 amide bonds. The number of carbonyl (C=O) groups is 2. The van der Waals surface area contributed by atoms with E-state index in [1.807, 2.05) is 17.0 Å². The smallest absolute Gasteiger partial charge is 0.260 e. The fourth-order valence-electron chi connectivity index (χ4n) is 2.95. The second-order valence-electron chi connectivity index (χ2n) is 6.51. The van der Waals surface area contributed by atoms with Crippen molar-refractivity contribution in [3.63, 3.8) is 0 Å². The third-order valence-electron chi connectivity index (χ3n) is 4.57. The number of fused-ring (bicyclic) bond motifs is 1. The first kappa shape index (κ1) is 16.1. The molecule has 0 unspecified atom stereocenters. The van der Waals surface area contributed by atoms with Crippen LogP contribution < -0.4 is 10.1 Å². The van der Waals surface area contributed by atoms with Crippen molar-refractivity contribution in [2.24, 2.45) is 5.92 Å². The number of nitrogens with zero attached hydrogens (tertiary/aromatic N) is 1. The molecule has 2 aromatic rings. The van der Waals surface area contributed by atoms with Crippen LogP contribution in [0.1, 0.15) is 23.3 Å². The normalized spacial score (nSPS) is 16.2. The predicted octanol–water partition coefficient (Wildman–Crippen LogP) is 3.06. The molecule has 1 N–H and O–H groups in total. The summed E-state index contributed by atoms with van der Waals surface area (Å²) in [6.45, 7) is 1.42. The minimum absolute atomic E-state index is 0.00994. The van der Waals surface area contributed by atoms with Crippen molar-refractivity contribution in [1.82, 2.24) is 4.90 Å². The zero-order valence-corrected chi connectivity index (χ0v) is 14.7. The Kier molecular flexibility index (Phi) is 4.44. The van der Waals surface area contributed by atoms with Crippen LogP contribution in [0.2, 0.25) is 0 Å². The topological polar surface area (TPSA) is 58.6 Å². The van der Waals surface area contributed by atoms with Gasteiger partial charge < -0.3 is 15.0 Å². The molecule has 2 heterocycles. The number of nitrogens with one attached hydrogen (secondary N) is 1. The van der Waals surface area contributed by atoms with E-state index in [4.69, 9.17) is 4.74 Å². The zero-order valence-electron chi connectivity index (χ0n) is 13.9. The second-order valence-corrected chi connectivity index (χ2v) is 7.52. The number of carbonyl (C=O) groups excluding carboxylic acids is 2. The fraction of sp³-hybridized carbons (Fsp3) is 0.368. The van der Waals surface area contributed by atoms with Gasteiger partial charge in [0, 0.05) is 35.6 Å². The van der Waals surface area contributed by atoms with E-state index < -0.39 is 0 Å². The summed E-state index contributed by atoms with van der Waals surface area (Å²) in [5, 5.41) is 4.97. The molecule has 0 atom stereocenters. The third-order valence-corrected chi connectivity index (χ3v) is 5.60. The number of amides is 2. The lowest BCUT2D eigenvalue weighted by Gasteiger charge is -2.27. The number of hydrogen-bond donors (Lipinski definition) is 1. The number of ether oxygens (including phenoxy) is 1. The summed E-state index contributed by atoms with van der Waals surface area (Å²) in [5.41, 5.74) is 1.96. The SMILES string of the molecule is O=C(Nc1cccc(OCC(=O)N2CCc3sccc3C2)c1)C1CC1. The largest absolute Gasteiger partial charge is 0.484 e. The molecule has 2 aliphatic rings. The maximum absolute atomic E-state index is 12.4. The highest BCUT2D eigenvalue weighted by molar-refractivity contribution is 7.10. The van der Waals surface area contributed by atoms with Gasteiger partial charge in [0.15, 0.2) is 6.61 Å². The first-order chi connectivity index (χ1) is 12.2. The van der Waals surface area contributed by atoms with E-state index in [1.54, 1.807) is 23.5 Å². The van der Waals surface area contributed by atoms with Crippen molar-refractivity contribution in [3.05, 3.63) is 46.2 Å². The van der Waals surface area contributed by atoms with Crippen LogP contribution in [0.25, 0.3) is 0 Å². The quantitative estimate of drug-likeness (QED) is 0.896. The van der Waals surface area contributed by atoms with Gasteiger partial charge in [-0.2, -0.15) is 0 Å². The van der Waals surface area contributed by atoms with Crippen LogP contribution in [-0.2, 0) is 22.6 Å². The van der Waals surface area contributed by atoms with Gasteiger partial charge in [0.05, 0.1) is 0 Å². The molecule has 0 saturated heterocycles. The molecule has 0 spiro atoms. The van der Waals surface area contributed by atoms with Gasteiger partial charge in [-0.05, 0) is 48.4 Å². The third kappa shape index (κ3) is 3.85. The summed E-state index contributed by atoms with van der Waals surface area (Å²) in [6, 6.07) is 9.30. The summed E-state index contributed by atoms with van der Waals surface area (Å²) < 4.78 is 5.65. The molecule has 1 saturated carbocycles. The Balaban J connectivity index is 1.32. The van der Waals surface area contributed by atoms with Crippen LogP contribution in [0.5, 0.6) is 5.75 Å². The first-order valence-electron chi connectivity index (χ1n) is 8.56. The summed E-state index contributed by atoms with van der Waals surface area (Å²) in [4.78, 5) is 27.4. The van der Waals surface area contributed by atoms with Gasteiger partial charge in [0.25, 0.3) is 5.91 Å². The molecule has 0 radical (unpaired) electrons. The number of thiophene rings is 1. The van der Waals surface area contributed by atoms with Gasteiger partial charge in [-0.25, -0.2) is 0 Å². The van der Waals surface area contributed by atoms with Gasteiger partial charge >= 0.3 is 0 Å². The fourth-order valence-corrected chi connectivity index (χ4v) is 3.84. The lowest BCUT2D eigenvalue weighted by Crippen LogP contribution is -2.38. The molecular weight excluding hydrogens is 336 g/mol. The molecule has 130 valence electrons. The molecule has 4 rings (SSSR count). The Morgan fingerprint density at radius 2 is 2.16 bits per heavy atom. The van der Waals surface area contributed by atoms with Crippen molar-refractivity contribution < 1.29 is 14.3 Å². The Morgan fingerprint density at radius 3 is 3.00 bits per heavy atom. The molecule has 1 fully saturated rings. The van der Waals surface area contributed by atoms with Crippen molar-refractivity contribution >= 4 is 28.8 Å². The van der Waals surface area contributed by atoms with Gasteiger partial charge in [-0.1, -0.05) is 6.07 Å². The van der Waals surface area contributed by atoms with Crippen LogP contribution in [0, 0.1) is 5.92 Å². The van der Waals surface area contributed by atoms with Crippen LogP contribution in [-0.4, -0.2) is 29.9 Å². The summed E-state index contributed by atoms with van der Waals surface area (Å²) >= 11 is 1.76. The van der Waals surface area contributed by atoms with Crippen molar-refractivity contribution in [3.8, 4) is 5.75 Å². The Morgan fingerprint density at radius 1 is 1.28 bits per heavy atom. The van der Waals surface area contributed by atoms with Crippen molar-refractivity contribution in [1.29, 1.82) is 0 Å². The number of anilines is 1. The average Bonchev–Trinajstić information content (AvgIpc) is 3.37. The van der Waals surface area contributed by atoms with E-state index in [0.717, 1.165) is 25.8 Å². The van der Waals surface area contributed by atoms with E-state index in [2.05, 4.69) is 16.8 Å². The van der Waals surface area contributed by atoms with Crippen LogP contribution in [0.3, 0.4) is 0 Å². The van der Waals surface area contributed by atoms with Crippen molar-refractivity contribution in [2.45, 2.75) is 25.8 Å². The average molecular weight is 356 g/mol. The highest BCUT2D eigenvalue weighted by Crippen LogP contribution is 2.30. The molecule has 1 aliphatic carbocycles. The monoisotopic (exact) mass is 356 g/mol. The highest BCUT2D eigenvalue weighted by atomic mass is 32.1.